The van der Waals surface area contributed by atoms with Gasteiger partial charge in [0.05, 0.1) is 6.04 Å². The molecule has 2 N–H and O–H groups in total. The van der Waals surface area contributed by atoms with Crippen LogP contribution < -0.4 is 10.6 Å². The van der Waals surface area contributed by atoms with Crippen LogP contribution in [0.4, 0.5) is 14.5 Å². The maximum absolute atomic E-state index is 13.2. The van der Waals surface area contributed by atoms with Crippen LogP contribution in [-0.4, -0.2) is 23.6 Å². The van der Waals surface area contributed by atoms with Gasteiger partial charge in [-0.05, 0) is 12.1 Å². The number of hydrogen-bond donors (Lipinski definition) is 2. The van der Waals surface area contributed by atoms with Crippen LogP contribution in [0.5, 0.6) is 0 Å². The first-order chi connectivity index (χ1) is 7.68. The van der Waals surface area contributed by atoms with Crippen LogP contribution in [0, 0.1) is 11.6 Å². The highest BCUT2D eigenvalue weighted by molar-refractivity contribution is 7.99. The molecule has 0 aromatic heterocycles. The number of hydrogen-bond acceptors (Lipinski definition) is 3. The van der Waals surface area contributed by atoms with Crippen molar-refractivity contribution in [3.05, 3.63) is 29.8 Å². The molecule has 0 spiro atoms. The van der Waals surface area contributed by atoms with E-state index in [0.717, 1.165) is 12.1 Å². The molecule has 0 saturated carbocycles. The third-order valence-electron chi connectivity index (χ3n) is 2.24. The first-order valence-electron chi connectivity index (χ1n) is 4.74. The fraction of sp³-hybridized carbons (Fsp3) is 0.300. The highest BCUT2D eigenvalue weighted by Gasteiger charge is 2.24. The lowest BCUT2D eigenvalue weighted by Crippen LogP contribution is -2.37. The molecule has 1 aliphatic heterocycles. The van der Waals surface area contributed by atoms with Crippen molar-refractivity contribution in [1.29, 1.82) is 0 Å². The molecule has 1 heterocycles. The van der Waals surface area contributed by atoms with Crippen molar-refractivity contribution in [3.8, 4) is 0 Å². The van der Waals surface area contributed by atoms with E-state index in [-0.39, 0.29) is 11.7 Å². The first-order valence-corrected chi connectivity index (χ1v) is 5.90. The number of benzene rings is 1. The van der Waals surface area contributed by atoms with Gasteiger partial charge in [0.1, 0.15) is 17.3 Å². The number of carbonyl (C=O) groups excluding carboxylic acids is 1. The average molecular weight is 244 g/mol. The van der Waals surface area contributed by atoms with Crippen LogP contribution in [0.2, 0.25) is 0 Å². The highest BCUT2D eigenvalue weighted by atomic mass is 32.2. The fourth-order valence-electron chi connectivity index (χ4n) is 1.39. The lowest BCUT2D eigenvalue weighted by Gasteiger charge is -2.11. The minimum atomic E-state index is -0.765. The predicted octanol–water partition coefficient (Wildman–Crippen LogP) is 1.57. The van der Waals surface area contributed by atoms with Gasteiger partial charge in [-0.1, -0.05) is 6.07 Å². The molecule has 1 saturated heterocycles. The van der Waals surface area contributed by atoms with E-state index in [9.17, 15) is 13.6 Å². The fourth-order valence-corrected chi connectivity index (χ4v) is 2.33. The summed E-state index contributed by atoms with van der Waals surface area (Å²) in [6.45, 7) is 0. The van der Waals surface area contributed by atoms with Gasteiger partial charge in [-0.15, -0.1) is 11.8 Å². The monoisotopic (exact) mass is 244 g/mol. The molecule has 1 unspecified atom stereocenters. The van der Waals surface area contributed by atoms with Crippen LogP contribution >= 0.6 is 11.8 Å². The summed E-state index contributed by atoms with van der Waals surface area (Å²) in [5.74, 6) is -0.647. The zero-order chi connectivity index (χ0) is 11.5. The Bertz CT molecular complexity index is 388. The molecule has 16 heavy (non-hydrogen) atoms. The van der Waals surface area contributed by atoms with E-state index < -0.39 is 17.5 Å². The van der Waals surface area contributed by atoms with Gasteiger partial charge in [-0.3, -0.25) is 10.1 Å². The number of nitrogens with one attached hydrogen (secondary N) is 2. The molecular weight excluding hydrogens is 234 g/mol. The summed E-state index contributed by atoms with van der Waals surface area (Å²) in [7, 11) is 0. The molecule has 0 bridgehead atoms. The summed E-state index contributed by atoms with van der Waals surface area (Å²) >= 11 is 1.57. The second kappa shape index (κ2) is 4.80. The van der Waals surface area contributed by atoms with Crippen molar-refractivity contribution in [2.24, 2.45) is 0 Å². The Morgan fingerprint density at radius 2 is 2.12 bits per heavy atom. The molecule has 2 rings (SSSR count). The van der Waals surface area contributed by atoms with Crippen molar-refractivity contribution in [2.45, 2.75) is 6.04 Å². The molecule has 0 aliphatic carbocycles. The minimum Gasteiger partial charge on any atom is -0.320 e. The van der Waals surface area contributed by atoms with E-state index >= 15 is 0 Å². The maximum atomic E-state index is 13.2. The minimum absolute atomic E-state index is 0.383. The predicted molar refractivity (Wildman–Crippen MR) is 59.2 cm³/mol. The Morgan fingerprint density at radius 3 is 2.69 bits per heavy atom. The molecule has 0 radical (unpaired) electrons. The van der Waals surface area contributed by atoms with E-state index in [1.165, 1.54) is 6.07 Å². The molecule has 1 aromatic rings. The normalized spacial score (nSPS) is 19.8. The lowest BCUT2D eigenvalue weighted by atomic mass is 10.2. The second-order valence-corrected chi connectivity index (χ2v) is 4.39. The second-order valence-electron chi connectivity index (χ2n) is 3.36. The Balaban J connectivity index is 2.11. The zero-order valence-electron chi connectivity index (χ0n) is 8.30. The molecule has 3 nitrogen and oxygen atoms in total. The summed E-state index contributed by atoms with van der Waals surface area (Å²) in [6, 6.07) is 3.08. The van der Waals surface area contributed by atoms with Gasteiger partial charge in [0.25, 0.3) is 0 Å². The van der Waals surface area contributed by atoms with E-state index in [1.54, 1.807) is 11.8 Å². The van der Waals surface area contributed by atoms with Crippen LogP contribution in [0.1, 0.15) is 0 Å². The maximum Gasteiger partial charge on any atom is 0.242 e. The van der Waals surface area contributed by atoms with E-state index in [0.29, 0.717) is 11.6 Å². The number of carbonyl (C=O) groups is 1. The number of thioether (sulfide) groups is 1. The average Bonchev–Trinajstić information content (AvgIpc) is 2.76. The molecule has 1 amide bonds. The summed E-state index contributed by atoms with van der Waals surface area (Å²) < 4.78 is 26.4. The van der Waals surface area contributed by atoms with Gasteiger partial charge < -0.3 is 5.32 Å². The van der Waals surface area contributed by atoms with Crippen LogP contribution in [0.3, 0.4) is 0 Å². The summed E-state index contributed by atoms with van der Waals surface area (Å²) in [5.41, 5.74) is -0.383. The third-order valence-corrected chi connectivity index (χ3v) is 3.18. The van der Waals surface area contributed by atoms with E-state index in [4.69, 9.17) is 0 Å². The summed E-state index contributed by atoms with van der Waals surface area (Å²) in [5, 5.41) is 5.18. The molecule has 1 aromatic carbocycles. The van der Waals surface area contributed by atoms with Crippen LogP contribution in [0.15, 0.2) is 18.2 Å². The zero-order valence-corrected chi connectivity index (χ0v) is 9.11. The Morgan fingerprint density at radius 1 is 1.44 bits per heavy atom. The van der Waals surface area contributed by atoms with Crippen molar-refractivity contribution in [3.63, 3.8) is 0 Å². The number of rotatable bonds is 2. The van der Waals surface area contributed by atoms with Gasteiger partial charge in [-0.25, -0.2) is 8.78 Å². The number of anilines is 1. The summed E-state index contributed by atoms with van der Waals surface area (Å²) in [6.07, 6.45) is 0. The number of halogens is 2. The molecule has 1 atom stereocenters. The summed E-state index contributed by atoms with van der Waals surface area (Å²) in [4.78, 5) is 11.6. The van der Waals surface area contributed by atoms with Crippen molar-refractivity contribution in [2.75, 3.05) is 16.9 Å². The van der Waals surface area contributed by atoms with Gasteiger partial charge in [0.2, 0.25) is 5.91 Å². The van der Waals surface area contributed by atoms with Crippen molar-refractivity contribution < 1.29 is 13.6 Å². The number of amides is 1. The van der Waals surface area contributed by atoms with Gasteiger partial charge >= 0.3 is 0 Å². The van der Waals surface area contributed by atoms with E-state index in [2.05, 4.69) is 10.6 Å². The van der Waals surface area contributed by atoms with E-state index in [1.807, 2.05) is 0 Å². The molecular formula is C10H10F2N2OS. The lowest BCUT2D eigenvalue weighted by molar-refractivity contribution is -0.117. The Labute approximate surface area is 95.6 Å². The van der Waals surface area contributed by atoms with Crippen molar-refractivity contribution >= 4 is 23.4 Å². The standard InChI is InChI=1S/C10H10F2N2OS/c11-6-2-1-3-7(12)9(6)14-10(15)8-4-16-5-13-8/h1-3,8,13H,4-5H2,(H,14,15). The van der Waals surface area contributed by atoms with Crippen LogP contribution in [0.25, 0.3) is 0 Å². The highest BCUT2D eigenvalue weighted by Crippen LogP contribution is 2.19. The van der Waals surface area contributed by atoms with Crippen LogP contribution in [-0.2, 0) is 4.79 Å². The number of para-hydroxylation sites is 1. The largest absolute Gasteiger partial charge is 0.320 e. The Hall–Kier alpha value is -1.14. The van der Waals surface area contributed by atoms with Gasteiger partial charge in [0.15, 0.2) is 0 Å². The van der Waals surface area contributed by atoms with Gasteiger partial charge in [-0.2, -0.15) is 0 Å². The quantitative estimate of drug-likeness (QED) is 0.829. The van der Waals surface area contributed by atoms with Gasteiger partial charge in [0, 0.05) is 11.6 Å². The molecule has 1 aliphatic rings. The molecule has 1 fully saturated rings. The topological polar surface area (TPSA) is 41.1 Å². The smallest absolute Gasteiger partial charge is 0.242 e. The molecule has 86 valence electrons. The third kappa shape index (κ3) is 2.33. The first kappa shape index (κ1) is 11.3. The van der Waals surface area contributed by atoms with Crippen molar-refractivity contribution in [1.82, 2.24) is 5.32 Å². The molecule has 6 heteroatoms. The Kier molecular flexibility index (Phi) is 3.40. The SMILES string of the molecule is O=C(Nc1c(F)cccc1F)C1CSCN1.